The monoisotopic (exact) mass is 342 g/mol. The molecular formula is C20H26N2O3. The van der Waals surface area contributed by atoms with Gasteiger partial charge in [0, 0.05) is 25.4 Å². The zero-order valence-corrected chi connectivity index (χ0v) is 14.5. The Kier molecular flexibility index (Phi) is 5.13. The molecule has 1 aromatic heterocycles. The Hall–Kier alpha value is -1.72. The summed E-state index contributed by atoms with van der Waals surface area (Å²) in [5.74, 6) is 0.659. The van der Waals surface area contributed by atoms with E-state index in [-0.39, 0.29) is 24.2 Å². The Balaban J connectivity index is 1.42. The summed E-state index contributed by atoms with van der Waals surface area (Å²) >= 11 is 0. The molecule has 4 atom stereocenters. The number of carbonyl (C=O) groups excluding carboxylic acids is 1. The van der Waals surface area contributed by atoms with Gasteiger partial charge in [-0.2, -0.15) is 0 Å². The maximum atomic E-state index is 12.9. The second-order valence-corrected chi connectivity index (χ2v) is 7.25. The number of allylic oxidation sites excluding steroid dienone is 2. The molecule has 25 heavy (non-hydrogen) atoms. The second kappa shape index (κ2) is 7.67. The van der Waals surface area contributed by atoms with Crippen molar-refractivity contribution < 1.29 is 14.3 Å². The molecule has 1 aliphatic heterocycles. The van der Waals surface area contributed by atoms with Crippen LogP contribution < -0.4 is 0 Å². The van der Waals surface area contributed by atoms with Gasteiger partial charge < -0.3 is 14.4 Å². The topological polar surface area (TPSA) is 51.7 Å². The third-order valence-corrected chi connectivity index (χ3v) is 5.59. The van der Waals surface area contributed by atoms with Gasteiger partial charge in [0.1, 0.15) is 6.10 Å². The zero-order valence-electron chi connectivity index (χ0n) is 14.5. The first-order chi connectivity index (χ1) is 12.3. The van der Waals surface area contributed by atoms with Crippen molar-refractivity contribution in [1.29, 1.82) is 0 Å². The van der Waals surface area contributed by atoms with Gasteiger partial charge in [0.2, 0.25) is 5.91 Å². The molecule has 1 amide bonds. The van der Waals surface area contributed by atoms with Crippen molar-refractivity contribution in [2.75, 3.05) is 13.2 Å². The van der Waals surface area contributed by atoms with Crippen molar-refractivity contribution in [3.05, 3.63) is 42.2 Å². The lowest BCUT2D eigenvalue weighted by molar-refractivity contribution is -0.136. The van der Waals surface area contributed by atoms with Crippen LogP contribution in [0.1, 0.15) is 37.7 Å². The Labute approximate surface area is 149 Å². The number of carbonyl (C=O) groups is 1. The van der Waals surface area contributed by atoms with E-state index in [9.17, 15) is 4.79 Å². The number of amides is 1. The highest BCUT2D eigenvalue weighted by Crippen LogP contribution is 2.33. The van der Waals surface area contributed by atoms with Crippen LogP contribution in [0, 0.1) is 5.92 Å². The van der Waals surface area contributed by atoms with E-state index in [4.69, 9.17) is 9.47 Å². The van der Waals surface area contributed by atoms with Crippen LogP contribution in [0.15, 0.2) is 36.7 Å². The van der Waals surface area contributed by atoms with E-state index >= 15 is 0 Å². The Morgan fingerprint density at radius 1 is 1.36 bits per heavy atom. The number of hydrogen-bond donors (Lipinski definition) is 0. The van der Waals surface area contributed by atoms with E-state index < -0.39 is 0 Å². The largest absolute Gasteiger partial charge is 0.374 e. The Bertz CT molecular complexity index is 619. The van der Waals surface area contributed by atoms with Gasteiger partial charge in [-0.3, -0.25) is 9.78 Å². The predicted octanol–water partition coefficient (Wildman–Crippen LogP) is 2.71. The molecule has 1 saturated carbocycles. The number of fused-ring (bicyclic) bond motifs is 2. The second-order valence-electron chi connectivity index (χ2n) is 7.25. The van der Waals surface area contributed by atoms with Crippen molar-refractivity contribution in [1.82, 2.24) is 9.88 Å². The van der Waals surface area contributed by atoms with Crippen molar-refractivity contribution in [2.24, 2.45) is 5.92 Å². The molecule has 0 radical (unpaired) electrons. The first-order valence-electron chi connectivity index (χ1n) is 9.39. The third-order valence-electron chi connectivity index (χ3n) is 5.59. The minimum absolute atomic E-state index is 0.0363. The summed E-state index contributed by atoms with van der Waals surface area (Å²) in [4.78, 5) is 19.1. The van der Waals surface area contributed by atoms with Crippen LogP contribution >= 0.6 is 0 Å². The van der Waals surface area contributed by atoms with Gasteiger partial charge >= 0.3 is 0 Å². The number of ether oxygens (including phenoxy) is 2. The summed E-state index contributed by atoms with van der Waals surface area (Å²) in [6.45, 7) is 1.81. The average Bonchev–Trinajstić information content (AvgIpc) is 3.21. The normalized spacial score (nSPS) is 31.3. The fraction of sp³-hybridized carbons (Fsp3) is 0.600. The number of rotatable bonds is 5. The van der Waals surface area contributed by atoms with Crippen LogP contribution in [0.4, 0.5) is 0 Å². The summed E-state index contributed by atoms with van der Waals surface area (Å²) in [5, 5.41) is 0. The number of nitrogens with zero attached hydrogens (tertiary/aromatic N) is 2. The van der Waals surface area contributed by atoms with E-state index in [1.54, 1.807) is 6.20 Å². The smallest absolute Gasteiger partial charge is 0.223 e. The van der Waals surface area contributed by atoms with Gasteiger partial charge in [-0.1, -0.05) is 18.2 Å². The molecule has 0 spiro atoms. The lowest BCUT2D eigenvalue weighted by Crippen LogP contribution is -2.46. The number of pyridine rings is 1. The molecule has 2 bridgehead atoms. The van der Waals surface area contributed by atoms with Crippen LogP contribution in [-0.4, -0.2) is 47.2 Å². The summed E-state index contributed by atoms with van der Waals surface area (Å²) < 4.78 is 12.2. The minimum Gasteiger partial charge on any atom is -0.374 e. The Morgan fingerprint density at radius 2 is 2.32 bits per heavy atom. The van der Waals surface area contributed by atoms with E-state index in [0.29, 0.717) is 32.1 Å². The van der Waals surface area contributed by atoms with Crippen molar-refractivity contribution in [3.63, 3.8) is 0 Å². The highest BCUT2D eigenvalue weighted by Gasteiger charge is 2.44. The lowest BCUT2D eigenvalue weighted by atomic mass is 10.0. The van der Waals surface area contributed by atoms with E-state index in [1.165, 1.54) is 0 Å². The standard InChI is InChI=1S/C20H26N2O3/c23-19(12-15-4-1-2-5-15)22-10-11-24-18-8-7-17(22)20(18)25-14-16-6-3-9-21-13-16/h1,3-4,6,9,13,15,17-18,20H,2,5,7-8,10-12,14H2/t15-,17-,18-,20-/m0/s1. The van der Waals surface area contributed by atoms with Crippen molar-refractivity contribution in [3.8, 4) is 0 Å². The molecule has 5 nitrogen and oxygen atoms in total. The quantitative estimate of drug-likeness (QED) is 0.772. The van der Waals surface area contributed by atoms with Gasteiger partial charge in [0.05, 0.1) is 25.4 Å². The molecule has 3 aliphatic rings. The molecule has 0 unspecified atom stereocenters. The molecule has 5 heteroatoms. The molecule has 2 heterocycles. The molecule has 4 rings (SSSR count). The molecule has 2 aliphatic carbocycles. The van der Waals surface area contributed by atoms with E-state index in [0.717, 1.165) is 31.2 Å². The minimum atomic E-state index is -0.0363. The number of aromatic nitrogens is 1. The lowest BCUT2D eigenvalue weighted by Gasteiger charge is -2.32. The number of hydrogen-bond acceptors (Lipinski definition) is 4. The van der Waals surface area contributed by atoms with Crippen molar-refractivity contribution >= 4 is 5.91 Å². The third kappa shape index (κ3) is 3.77. The SMILES string of the molecule is O=C(C[C@H]1C=CCC1)N1CCO[C@H]2CC[C@H]1[C@@H]2OCc1cccnc1. The first kappa shape index (κ1) is 16.7. The molecule has 0 N–H and O–H groups in total. The predicted molar refractivity (Wildman–Crippen MR) is 93.8 cm³/mol. The maximum absolute atomic E-state index is 12.9. The molecular weight excluding hydrogens is 316 g/mol. The maximum Gasteiger partial charge on any atom is 0.223 e. The summed E-state index contributed by atoms with van der Waals surface area (Å²) in [7, 11) is 0. The van der Waals surface area contributed by atoms with E-state index in [1.807, 2.05) is 23.2 Å². The first-order valence-corrected chi connectivity index (χ1v) is 9.39. The summed E-state index contributed by atoms with van der Waals surface area (Å²) in [6.07, 6.45) is 12.8. The summed E-state index contributed by atoms with van der Waals surface area (Å²) in [6, 6.07) is 4.07. The fourth-order valence-corrected chi connectivity index (χ4v) is 4.30. The van der Waals surface area contributed by atoms with Gasteiger partial charge in [-0.25, -0.2) is 0 Å². The molecule has 134 valence electrons. The van der Waals surface area contributed by atoms with Gasteiger partial charge in [0.25, 0.3) is 0 Å². The molecule has 2 fully saturated rings. The van der Waals surface area contributed by atoms with E-state index in [2.05, 4.69) is 17.1 Å². The zero-order chi connectivity index (χ0) is 17.1. The van der Waals surface area contributed by atoms with Crippen LogP contribution in [0.2, 0.25) is 0 Å². The summed E-state index contributed by atoms with van der Waals surface area (Å²) in [5.41, 5.74) is 1.06. The van der Waals surface area contributed by atoms with Crippen molar-refractivity contribution in [2.45, 2.75) is 57.0 Å². The van der Waals surface area contributed by atoms with Gasteiger partial charge in [-0.05, 0) is 43.2 Å². The highest BCUT2D eigenvalue weighted by molar-refractivity contribution is 5.77. The fourth-order valence-electron chi connectivity index (χ4n) is 4.30. The highest BCUT2D eigenvalue weighted by atomic mass is 16.5. The van der Waals surface area contributed by atoms with Crippen LogP contribution in [-0.2, 0) is 20.9 Å². The van der Waals surface area contributed by atoms with Crippen LogP contribution in [0.5, 0.6) is 0 Å². The van der Waals surface area contributed by atoms with Gasteiger partial charge in [-0.15, -0.1) is 0 Å². The molecule has 1 saturated heterocycles. The average molecular weight is 342 g/mol. The molecule has 0 aromatic carbocycles. The van der Waals surface area contributed by atoms with Gasteiger partial charge in [0.15, 0.2) is 0 Å². The van der Waals surface area contributed by atoms with Crippen LogP contribution in [0.25, 0.3) is 0 Å². The van der Waals surface area contributed by atoms with Crippen LogP contribution in [0.3, 0.4) is 0 Å². The molecule has 1 aromatic rings. The Morgan fingerprint density at radius 3 is 3.12 bits per heavy atom.